The minimum atomic E-state index is -4.81. The van der Waals surface area contributed by atoms with Crippen molar-refractivity contribution in [2.24, 2.45) is 0 Å². The number of hydrogen-bond acceptors (Lipinski definition) is 5. The van der Waals surface area contributed by atoms with Crippen LogP contribution < -0.4 is 10.1 Å². The van der Waals surface area contributed by atoms with E-state index in [4.69, 9.17) is 4.74 Å². The van der Waals surface area contributed by atoms with Gasteiger partial charge in [0.05, 0.1) is 5.69 Å². The van der Waals surface area contributed by atoms with Crippen molar-refractivity contribution in [1.29, 1.82) is 0 Å². The summed E-state index contributed by atoms with van der Waals surface area (Å²) in [6.07, 6.45) is -8.54. The van der Waals surface area contributed by atoms with Gasteiger partial charge in [0.1, 0.15) is 17.3 Å². The van der Waals surface area contributed by atoms with Crippen LogP contribution in [0.1, 0.15) is 19.5 Å². The molecule has 0 atom stereocenters. The second-order valence-corrected chi connectivity index (χ2v) is 7.11. The molecule has 33 heavy (non-hydrogen) atoms. The molecule has 0 aliphatic carbocycles. The zero-order valence-electron chi connectivity index (χ0n) is 16.8. The van der Waals surface area contributed by atoms with Crippen molar-refractivity contribution in [3.05, 3.63) is 48.0 Å². The maximum atomic E-state index is 14.3. The Morgan fingerprint density at radius 1 is 1.06 bits per heavy atom. The minimum absolute atomic E-state index is 0.129. The zero-order chi connectivity index (χ0) is 24.6. The van der Waals surface area contributed by atoms with Crippen molar-refractivity contribution in [2.75, 3.05) is 5.32 Å². The van der Waals surface area contributed by atoms with E-state index in [1.807, 2.05) is 0 Å². The van der Waals surface area contributed by atoms with E-state index in [-0.39, 0.29) is 23.5 Å². The topological polar surface area (TPSA) is 81.9 Å². The van der Waals surface area contributed by atoms with Gasteiger partial charge in [-0.3, -0.25) is 4.79 Å². The maximum absolute atomic E-state index is 14.3. The van der Waals surface area contributed by atoms with E-state index in [0.717, 1.165) is 42.9 Å². The van der Waals surface area contributed by atoms with Gasteiger partial charge in [-0.2, -0.15) is 31.0 Å². The number of nitrogens with zero attached hydrogens (tertiary/aromatic N) is 4. The monoisotopic (exact) mass is 477 g/mol. The van der Waals surface area contributed by atoms with Crippen molar-refractivity contribution in [3.8, 4) is 23.0 Å². The number of carbonyl (C=O) groups excluding carboxylic acids is 1. The van der Waals surface area contributed by atoms with E-state index in [1.165, 1.54) is 0 Å². The Labute approximate surface area is 181 Å². The Bertz CT molecular complexity index is 1170. The van der Waals surface area contributed by atoms with Crippen LogP contribution in [-0.4, -0.2) is 37.9 Å². The second-order valence-electron chi connectivity index (χ2n) is 7.11. The van der Waals surface area contributed by atoms with E-state index in [2.05, 4.69) is 20.4 Å². The Balaban J connectivity index is 2.14. The normalized spacial score (nSPS) is 12.5. The molecule has 1 amide bonds. The summed E-state index contributed by atoms with van der Waals surface area (Å²) < 4.78 is 98.6. The second kappa shape index (κ2) is 8.33. The van der Waals surface area contributed by atoms with Gasteiger partial charge < -0.3 is 10.1 Å². The fourth-order valence-corrected chi connectivity index (χ4v) is 2.60. The van der Waals surface area contributed by atoms with E-state index in [1.54, 1.807) is 0 Å². The van der Waals surface area contributed by atoms with Crippen LogP contribution in [0.4, 0.5) is 36.6 Å². The molecular weight excluding hydrogens is 463 g/mol. The van der Waals surface area contributed by atoms with E-state index < -0.39 is 41.2 Å². The summed E-state index contributed by atoms with van der Waals surface area (Å²) >= 11 is 0. The Morgan fingerprint density at radius 2 is 1.76 bits per heavy atom. The molecule has 1 aromatic carbocycles. The predicted octanol–water partition coefficient (Wildman–Crippen LogP) is 4.78. The van der Waals surface area contributed by atoms with Gasteiger partial charge >= 0.3 is 12.4 Å². The molecule has 0 bridgehead atoms. The van der Waals surface area contributed by atoms with Gasteiger partial charge in [-0.25, -0.2) is 14.4 Å². The average molecular weight is 477 g/mol. The Hall–Kier alpha value is -3.71. The molecule has 2 heterocycles. The summed E-state index contributed by atoms with van der Waals surface area (Å²) in [5.41, 5.74) is -4.23. The van der Waals surface area contributed by atoms with Gasteiger partial charge in [0.15, 0.2) is 11.4 Å². The number of anilines is 1. The van der Waals surface area contributed by atoms with Crippen molar-refractivity contribution in [2.45, 2.75) is 31.8 Å². The highest BCUT2D eigenvalue weighted by Gasteiger charge is 2.50. The predicted molar refractivity (Wildman–Crippen MR) is 100.0 cm³/mol. The maximum Gasteiger partial charge on any atom is 0.433 e. The summed E-state index contributed by atoms with van der Waals surface area (Å²) in [7, 11) is 0. The molecule has 0 fully saturated rings. The summed E-state index contributed by atoms with van der Waals surface area (Å²) in [4.78, 5) is 17.9. The molecule has 7 nitrogen and oxygen atoms in total. The Morgan fingerprint density at radius 3 is 2.36 bits per heavy atom. The highest BCUT2D eigenvalue weighted by Crippen LogP contribution is 2.36. The number of benzene rings is 1. The van der Waals surface area contributed by atoms with E-state index >= 15 is 0 Å². The molecule has 0 unspecified atom stereocenters. The summed E-state index contributed by atoms with van der Waals surface area (Å²) in [6.45, 7) is 1.48. The van der Waals surface area contributed by atoms with Gasteiger partial charge in [0, 0.05) is 23.9 Å². The molecular formula is C19H14F7N5O2. The van der Waals surface area contributed by atoms with Gasteiger partial charge in [0.25, 0.3) is 5.95 Å². The largest absolute Gasteiger partial charge is 0.478 e. The first-order valence-corrected chi connectivity index (χ1v) is 8.99. The molecule has 0 saturated heterocycles. The van der Waals surface area contributed by atoms with Gasteiger partial charge in [0.2, 0.25) is 6.41 Å². The van der Waals surface area contributed by atoms with E-state index in [9.17, 15) is 35.5 Å². The summed E-state index contributed by atoms with van der Waals surface area (Å²) in [5.74, 6) is -2.25. The first-order valence-electron chi connectivity index (χ1n) is 8.99. The third-order valence-corrected chi connectivity index (χ3v) is 4.26. The third-order valence-electron chi connectivity index (χ3n) is 4.26. The van der Waals surface area contributed by atoms with Crippen molar-refractivity contribution in [3.63, 3.8) is 0 Å². The van der Waals surface area contributed by atoms with E-state index in [0.29, 0.717) is 12.1 Å². The van der Waals surface area contributed by atoms with Gasteiger partial charge in [-0.15, -0.1) is 5.10 Å². The summed E-state index contributed by atoms with van der Waals surface area (Å²) in [5, 5.41) is 6.06. The number of ether oxygens (including phenoxy) is 1. The number of rotatable bonds is 6. The number of carbonyl (C=O) groups is 1. The number of halogens is 7. The van der Waals surface area contributed by atoms with Crippen molar-refractivity contribution < 1.29 is 40.3 Å². The fourth-order valence-electron chi connectivity index (χ4n) is 2.60. The standard InChI is InChI=1S/C19H14F7N5O2/c1-17(2,19(24,25)26)33-12-6-10(5-11(20)7-12)13-8-15(28-9-32)30-31(13)16-27-4-3-14(29-16)18(21,22)23/h3-9H,1-2H3,(H,28,30,32). The lowest BCUT2D eigenvalue weighted by atomic mass is 10.1. The molecule has 0 saturated carbocycles. The first kappa shape index (κ1) is 23.9. The van der Waals surface area contributed by atoms with Gasteiger partial charge in [-0.1, -0.05) is 0 Å². The molecule has 3 rings (SSSR count). The first-order chi connectivity index (χ1) is 15.2. The molecule has 14 heteroatoms. The lowest BCUT2D eigenvalue weighted by Crippen LogP contribution is -2.44. The number of hydrogen-bond donors (Lipinski definition) is 1. The van der Waals surface area contributed by atoms with Crippen LogP contribution in [0.25, 0.3) is 17.2 Å². The van der Waals surface area contributed by atoms with Crippen LogP contribution in [0.3, 0.4) is 0 Å². The number of aromatic nitrogens is 4. The van der Waals surface area contributed by atoms with Crippen LogP contribution in [0.15, 0.2) is 36.5 Å². The smallest absolute Gasteiger partial charge is 0.433 e. The molecule has 0 radical (unpaired) electrons. The summed E-state index contributed by atoms with van der Waals surface area (Å²) in [6, 6.07) is 4.39. The highest BCUT2D eigenvalue weighted by atomic mass is 19.4. The number of nitrogens with one attached hydrogen (secondary N) is 1. The van der Waals surface area contributed by atoms with Crippen LogP contribution in [0.5, 0.6) is 5.75 Å². The molecule has 2 aromatic heterocycles. The SMILES string of the molecule is CC(C)(Oc1cc(F)cc(-c2cc(NC=O)nn2-c2nccc(C(F)(F)F)n2)c1)C(F)(F)F. The van der Waals surface area contributed by atoms with Crippen molar-refractivity contribution in [1.82, 2.24) is 19.7 Å². The molecule has 1 N–H and O–H groups in total. The molecule has 3 aromatic rings. The zero-order valence-corrected chi connectivity index (χ0v) is 16.8. The molecule has 0 spiro atoms. The lowest BCUT2D eigenvalue weighted by Gasteiger charge is -2.29. The van der Waals surface area contributed by atoms with Crippen LogP contribution in [0, 0.1) is 5.82 Å². The van der Waals surface area contributed by atoms with Crippen LogP contribution in [0.2, 0.25) is 0 Å². The number of alkyl halides is 6. The highest BCUT2D eigenvalue weighted by molar-refractivity contribution is 5.73. The molecule has 0 aliphatic rings. The van der Waals surface area contributed by atoms with Crippen LogP contribution >= 0.6 is 0 Å². The lowest BCUT2D eigenvalue weighted by molar-refractivity contribution is -0.234. The third kappa shape index (κ3) is 5.21. The fraction of sp³-hybridized carbons (Fsp3) is 0.263. The quantitative estimate of drug-likeness (QED) is 0.409. The average Bonchev–Trinajstić information content (AvgIpc) is 3.10. The van der Waals surface area contributed by atoms with Crippen LogP contribution in [-0.2, 0) is 11.0 Å². The van der Waals surface area contributed by atoms with Crippen molar-refractivity contribution >= 4 is 12.2 Å². The Kier molecular flexibility index (Phi) is 6.04. The minimum Gasteiger partial charge on any atom is -0.478 e. The number of amides is 1. The molecule has 176 valence electrons. The van der Waals surface area contributed by atoms with Gasteiger partial charge in [-0.05, 0) is 32.0 Å². The molecule has 0 aliphatic heterocycles.